The van der Waals surface area contributed by atoms with E-state index in [1.807, 2.05) is 0 Å². The molecule has 33 heavy (non-hydrogen) atoms. The van der Waals surface area contributed by atoms with E-state index >= 15 is 0 Å². The predicted octanol–water partition coefficient (Wildman–Crippen LogP) is 4.35. The Morgan fingerprint density at radius 1 is 0.970 bits per heavy atom. The SMILES string of the molecule is CC(C)NC(=O)C(C)N(Cc1ccccc1Cl)C(=O)CN(c1cccc(Cl)c1Cl)S(C)(=O)=O. The highest BCUT2D eigenvalue weighted by Crippen LogP contribution is 2.33. The maximum absolute atomic E-state index is 13.4. The van der Waals surface area contributed by atoms with E-state index in [-0.39, 0.29) is 34.2 Å². The van der Waals surface area contributed by atoms with Crippen LogP contribution in [-0.4, -0.2) is 50.0 Å². The molecule has 11 heteroatoms. The number of benzene rings is 2. The smallest absolute Gasteiger partial charge is 0.244 e. The van der Waals surface area contributed by atoms with Gasteiger partial charge in [-0.05, 0) is 44.5 Å². The molecule has 0 spiro atoms. The van der Waals surface area contributed by atoms with Crippen LogP contribution in [0.1, 0.15) is 26.3 Å². The Labute approximate surface area is 209 Å². The van der Waals surface area contributed by atoms with Crippen LogP contribution in [0, 0.1) is 0 Å². The van der Waals surface area contributed by atoms with E-state index in [1.54, 1.807) is 45.0 Å². The van der Waals surface area contributed by atoms with Gasteiger partial charge in [0.1, 0.15) is 12.6 Å². The molecule has 180 valence electrons. The van der Waals surface area contributed by atoms with Gasteiger partial charge in [0.2, 0.25) is 21.8 Å². The number of rotatable bonds is 9. The maximum Gasteiger partial charge on any atom is 0.244 e. The van der Waals surface area contributed by atoms with Crippen molar-refractivity contribution in [3.63, 3.8) is 0 Å². The molecule has 2 aromatic carbocycles. The third kappa shape index (κ3) is 7.24. The summed E-state index contributed by atoms with van der Waals surface area (Å²) >= 11 is 18.6. The normalized spacial score (nSPS) is 12.4. The van der Waals surface area contributed by atoms with Crippen LogP contribution >= 0.6 is 34.8 Å². The number of anilines is 1. The van der Waals surface area contributed by atoms with Crippen molar-refractivity contribution in [2.45, 2.75) is 39.4 Å². The predicted molar refractivity (Wildman–Crippen MR) is 133 cm³/mol. The summed E-state index contributed by atoms with van der Waals surface area (Å²) in [4.78, 5) is 27.4. The van der Waals surface area contributed by atoms with Gasteiger partial charge in [-0.15, -0.1) is 0 Å². The average Bonchev–Trinajstić information content (AvgIpc) is 2.71. The highest BCUT2D eigenvalue weighted by molar-refractivity contribution is 7.92. The fraction of sp³-hybridized carbons (Fsp3) is 0.364. The highest BCUT2D eigenvalue weighted by Gasteiger charge is 2.31. The second kappa shape index (κ2) is 11.4. The molecule has 2 aromatic rings. The average molecular weight is 535 g/mol. The van der Waals surface area contributed by atoms with Gasteiger partial charge in [0.05, 0.1) is 22.0 Å². The first kappa shape index (κ1) is 27.2. The van der Waals surface area contributed by atoms with E-state index in [2.05, 4.69) is 5.32 Å². The molecule has 0 aromatic heterocycles. The molecule has 1 N–H and O–H groups in total. The van der Waals surface area contributed by atoms with E-state index in [9.17, 15) is 18.0 Å². The molecular formula is C22H26Cl3N3O4S. The minimum atomic E-state index is -3.92. The molecule has 0 aliphatic carbocycles. The third-order valence-electron chi connectivity index (χ3n) is 4.78. The van der Waals surface area contributed by atoms with Crippen LogP contribution in [0.4, 0.5) is 5.69 Å². The topological polar surface area (TPSA) is 86.8 Å². The number of halogens is 3. The van der Waals surface area contributed by atoms with E-state index in [0.717, 1.165) is 10.6 Å². The number of hydrogen-bond acceptors (Lipinski definition) is 4. The Hall–Kier alpha value is -2.00. The fourth-order valence-corrected chi connectivity index (χ4v) is 4.58. The Morgan fingerprint density at radius 2 is 1.58 bits per heavy atom. The van der Waals surface area contributed by atoms with Crippen LogP contribution in [-0.2, 0) is 26.2 Å². The van der Waals surface area contributed by atoms with E-state index in [0.29, 0.717) is 10.6 Å². The van der Waals surface area contributed by atoms with Crippen LogP contribution in [0.25, 0.3) is 0 Å². The first-order chi connectivity index (χ1) is 15.3. The van der Waals surface area contributed by atoms with Crippen molar-refractivity contribution < 1.29 is 18.0 Å². The molecule has 1 unspecified atom stereocenters. The second-order valence-corrected chi connectivity index (χ2v) is 10.9. The van der Waals surface area contributed by atoms with Gasteiger partial charge < -0.3 is 10.2 Å². The summed E-state index contributed by atoms with van der Waals surface area (Å²) < 4.78 is 26.0. The van der Waals surface area contributed by atoms with Crippen molar-refractivity contribution in [2.24, 2.45) is 0 Å². The molecular weight excluding hydrogens is 509 g/mol. The van der Waals surface area contributed by atoms with E-state index in [4.69, 9.17) is 34.8 Å². The van der Waals surface area contributed by atoms with Crippen LogP contribution in [0.15, 0.2) is 42.5 Å². The van der Waals surface area contributed by atoms with Crippen LogP contribution < -0.4 is 9.62 Å². The summed E-state index contributed by atoms with van der Waals surface area (Å²) in [6.07, 6.45) is 0.963. The van der Waals surface area contributed by atoms with Crippen molar-refractivity contribution in [2.75, 3.05) is 17.1 Å². The van der Waals surface area contributed by atoms with Gasteiger partial charge in [0.15, 0.2) is 0 Å². The largest absolute Gasteiger partial charge is 0.352 e. The molecule has 0 fully saturated rings. The monoisotopic (exact) mass is 533 g/mol. The lowest BCUT2D eigenvalue weighted by atomic mass is 10.1. The first-order valence-electron chi connectivity index (χ1n) is 10.1. The lowest BCUT2D eigenvalue weighted by Gasteiger charge is -2.32. The van der Waals surface area contributed by atoms with Crippen molar-refractivity contribution >= 4 is 62.3 Å². The lowest BCUT2D eigenvalue weighted by Crippen LogP contribution is -2.52. The van der Waals surface area contributed by atoms with Crippen molar-refractivity contribution in [1.29, 1.82) is 0 Å². The van der Waals surface area contributed by atoms with Gasteiger partial charge in [0, 0.05) is 17.6 Å². The zero-order valence-electron chi connectivity index (χ0n) is 18.7. The number of nitrogens with zero attached hydrogens (tertiary/aromatic N) is 2. The minimum absolute atomic E-state index is 0.000597. The molecule has 0 saturated heterocycles. The van der Waals surface area contributed by atoms with Crippen LogP contribution in [0.5, 0.6) is 0 Å². The number of sulfonamides is 1. The Kier molecular flexibility index (Phi) is 9.43. The summed E-state index contributed by atoms with van der Waals surface area (Å²) in [6.45, 7) is 4.60. The molecule has 2 rings (SSSR count). The molecule has 0 heterocycles. The molecule has 0 aliphatic rings. The third-order valence-corrected chi connectivity index (χ3v) is 7.08. The molecule has 0 saturated carbocycles. The van der Waals surface area contributed by atoms with Crippen LogP contribution in [0.3, 0.4) is 0 Å². The van der Waals surface area contributed by atoms with Gasteiger partial charge in [0.25, 0.3) is 0 Å². The van der Waals surface area contributed by atoms with Gasteiger partial charge in [-0.2, -0.15) is 0 Å². The van der Waals surface area contributed by atoms with E-state index < -0.39 is 28.5 Å². The molecule has 0 bridgehead atoms. The zero-order chi connectivity index (χ0) is 24.9. The summed E-state index contributed by atoms with van der Waals surface area (Å²) in [5.41, 5.74) is 0.681. The van der Waals surface area contributed by atoms with Gasteiger partial charge in [-0.25, -0.2) is 8.42 Å². The molecule has 2 amide bonds. The molecule has 1 atom stereocenters. The number of nitrogens with one attached hydrogen (secondary N) is 1. The number of hydrogen-bond donors (Lipinski definition) is 1. The summed E-state index contributed by atoms with van der Waals surface area (Å²) in [7, 11) is -3.92. The van der Waals surface area contributed by atoms with Crippen LogP contribution in [0.2, 0.25) is 15.1 Å². The summed E-state index contributed by atoms with van der Waals surface area (Å²) in [6, 6.07) is 10.4. The highest BCUT2D eigenvalue weighted by atomic mass is 35.5. The van der Waals surface area contributed by atoms with Gasteiger partial charge in [-0.1, -0.05) is 59.1 Å². The number of carbonyl (C=O) groups is 2. The molecule has 7 nitrogen and oxygen atoms in total. The summed E-state index contributed by atoms with van der Waals surface area (Å²) in [5.74, 6) is -0.986. The Balaban J connectivity index is 2.45. The minimum Gasteiger partial charge on any atom is -0.352 e. The first-order valence-corrected chi connectivity index (χ1v) is 13.1. The van der Waals surface area contributed by atoms with Gasteiger partial charge in [-0.3, -0.25) is 13.9 Å². The molecule has 0 aliphatic heterocycles. The van der Waals surface area contributed by atoms with Crippen molar-refractivity contribution in [3.8, 4) is 0 Å². The van der Waals surface area contributed by atoms with E-state index in [1.165, 1.54) is 23.1 Å². The number of amides is 2. The zero-order valence-corrected chi connectivity index (χ0v) is 21.8. The van der Waals surface area contributed by atoms with Gasteiger partial charge >= 0.3 is 0 Å². The standard InChI is InChI=1S/C22H26Cl3N3O4S/c1-14(2)26-22(30)15(3)27(12-16-8-5-6-9-17(16)23)20(29)13-28(33(4,31)32)19-11-7-10-18(24)21(19)25/h5-11,14-15H,12-13H2,1-4H3,(H,26,30). The molecule has 0 radical (unpaired) electrons. The quantitative estimate of drug-likeness (QED) is 0.518. The second-order valence-electron chi connectivity index (χ2n) is 7.79. The lowest BCUT2D eigenvalue weighted by molar-refractivity contribution is -0.139. The summed E-state index contributed by atoms with van der Waals surface area (Å²) in [5, 5.41) is 3.34. The van der Waals surface area contributed by atoms with Crippen molar-refractivity contribution in [3.05, 3.63) is 63.1 Å². The maximum atomic E-state index is 13.4. The number of carbonyl (C=O) groups excluding carboxylic acids is 2. The Bertz CT molecular complexity index is 1130. The Morgan fingerprint density at radius 3 is 2.15 bits per heavy atom. The van der Waals surface area contributed by atoms with Crippen molar-refractivity contribution in [1.82, 2.24) is 10.2 Å². The fourth-order valence-electron chi connectivity index (χ4n) is 3.08.